The molecular weight excluding hydrogens is 697 g/mol. The van der Waals surface area contributed by atoms with Crippen molar-refractivity contribution < 1.29 is 13.6 Å². The lowest BCUT2D eigenvalue weighted by atomic mass is 9.92. The second-order valence-electron chi connectivity index (χ2n) is 13.2. The Bertz CT molecular complexity index is 3330. The highest BCUT2D eigenvalue weighted by molar-refractivity contribution is 7.26. The van der Waals surface area contributed by atoms with E-state index in [0.29, 0.717) is 23.7 Å². The Morgan fingerprint density at radius 2 is 1.22 bits per heavy atom. The second-order valence-corrected chi connectivity index (χ2v) is 14.2. The van der Waals surface area contributed by atoms with Gasteiger partial charge in [-0.2, -0.15) is 0 Å². The third-order valence-electron chi connectivity index (χ3n) is 10.2. The Kier molecular flexibility index (Phi) is 6.15. The maximum atomic E-state index is 6.34. The normalized spacial score (nSPS) is 14.3. The average Bonchev–Trinajstić information content (AvgIpc) is 3.73. The minimum atomic E-state index is 0.0282. The van der Waals surface area contributed by atoms with Crippen molar-refractivity contribution in [2.45, 2.75) is 6.10 Å². The number of epoxide rings is 1. The Labute approximate surface area is 308 Å². The Balaban J connectivity index is 1.05. The van der Waals surface area contributed by atoms with Gasteiger partial charge in [0.1, 0.15) is 41.8 Å². The molecule has 54 heavy (non-hydrogen) atoms. The van der Waals surface area contributed by atoms with Crippen LogP contribution in [0, 0.1) is 0 Å². The van der Waals surface area contributed by atoms with Crippen molar-refractivity contribution in [3.05, 3.63) is 122 Å². The summed E-state index contributed by atoms with van der Waals surface area (Å²) in [7, 11) is 0. The lowest BCUT2D eigenvalue weighted by Crippen LogP contribution is -1.89. The molecule has 1 unspecified atom stereocenters. The molecule has 0 amide bonds. The highest BCUT2D eigenvalue weighted by atomic mass is 32.1. The van der Waals surface area contributed by atoms with Gasteiger partial charge in [-0.05, 0) is 52.1 Å². The Morgan fingerprint density at radius 3 is 2.06 bits per heavy atom. The Hall–Kier alpha value is -7.02. The first-order chi connectivity index (χ1) is 26.7. The average molecular weight is 719 g/mol. The van der Waals surface area contributed by atoms with Crippen molar-refractivity contribution in [3.8, 4) is 44.6 Å². The largest absolute Gasteiger partial charge is 0.437 e. The summed E-state index contributed by atoms with van der Waals surface area (Å²) >= 11 is 1.67. The number of benzene rings is 4. The lowest BCUT2D eigenvalue weighted by molar-refractivity contribution is 0.415. The zero-order valence-corrected chi connectivity index (χ0v) is 28.8. The number of hydrogen-bond acceptors (Lipinski definition) is 12. The van der Waals surface area contributed by atoms with E-state index in [2.05, 4.69) is 108 Å². The number of aromatic nitrogens is 8. The highest BCUT2D eigenvalue weighted by Gasteiger charge is 2.30. The van der Waals surface area contributed by atoms with Gasteiger partial charge < -0.3 is 13.6 Å². The van der Waals surface area contributed by atoms with Crippen molar-refractivity contribution >= 4 is 75.9 Å². The van der Waals surface area contributed by atoms with Crippen molar-refractivity contribution in [3.63, 3.8) is 0 Å². The van der Waals surface area contributed by atoms with Crippen LogP contribution in [0.2, 0.25) is 0 Å². The monoisotopic (exact) mass is 718 g/mol. The van der Waals surface area contributed by atoms with Crippen LogP contribution in [0.5, 0.6) is 0 Å². The molecule has 12 rings (SSSR count). The molecule has 12 heteroatoms. The van der Waals surface area contributed by atoms with Crippen LogP contribution in [0.1, 0.15) is 11.7 Å². The molecule has 0 saturated carbocycles. The van der Waals surface area contributed by atoms with Gasteiger partial charge in [-0.3, -0.25) is 0 Å². The van der Waals surface area contributed by atoms with E-state index in [1.807, 2.05) is 12.4 Å². The summed E-state index contributed by atoms with van der Waals surface area (Å²) < 4.78 is 19.1. The van der Waals surface area contributed by atoms with Crippen LogP contribution < -0.4 is 0 Å². The lowest BCUT2D eigenvalue weighted by Gasteiger charge is -2.12. The van der Waals surface area contributed by atoms with Gasteiger partial charge in [0.25, 0.3) is 0 Å². The molecule has 4 aromatic carbocycles. The molecule has 1 fully saturated rings. The first-order valence-electron chi connectivity index (χ1n) is 17.2. The molecule has 254 valence electrons. The number of furan rings is 2. The summed E-state index contributed by atoms with van der Waals surface area (Å²) in [5.74, 6) is 0. The second kappa shape index (κ2) is 11.2. The number of ether oxygens (including phenoxy) is 1. The quantitative estimate of drug-likeness (QED) is 0.157. The number of fused-ring (bicyclic) bond motifs is 9. The standard InChI is InChI=1S/C42H22N8O3S/c1-3-21(9-24(6-1)36-35-32-15-45-18-48-40(32)53-41(35)49-20-46-36)25-11-28(38-29(12-25)30-13-43-19-50-42(30)54-38)23-5-2-4-22(10-23)26-7-8-27(33-16-51-33)37-34(26)31-14-44-17-47-39(31)52-37/h1-15,17-20,33H,16H2. The maximum Gasteiger partial charge on any atom is 0.233 e. The van der Waals surface area contributed by atoms with Gasteiger partial charge in [-0.15, -0.1) is 11.3 Å². The molecule has 1 aliphatic rings. The third-order valence-corrected chi connectivity index (χ3v) is 11.3. The van der Waals surface area contributed by atoms with Gasteiger partial charge >= 0.3 is 0 Å². The smallest absolute Gasteiger partial charge is 0.233 e. The maximum absolute atomic E-state index is 6.34. The first-order valence-corrected chi connectivity index (χ1v) is 18.0. The van der Waals surface area contributed by atoms with E-state index >= 15 is 0 Å². The zero-order chi connectivity index (χ0) is 35.3. The van der Waals surface area contributed by atoms with Gasteiger partial charge in [0, 0.05) is 56.1 Å². The highest BCUT2D eigenvalue weighted by Crippen LogP contribution is 2.46. The summed E-state index contributed by atoms with van der Waals surface area (Å²) in [6.45, 7) is 0.681. The van der Waals surface area contributed by atoms with Crippen LogP contribution in [-0.2, 0) is 4.74 Å². The van der Waals surface area contributed by atoms with Crippen molar-refractivity contribution in [1.82, 2.24) is 39.9 Å². The molecule has 11 aromatic rings. The summed E-state index contributed by atoms with van der Waals surface area (Å²) in [4.78, 5) is 36.4. The van der Waals surface area contributed by atoms with Crippen molar-refractivity contribution in [2.75, 3.05) is 6.61 Å². The van der Waals surface area contributed by atoms with Gasteiger partial charge in [-0.25, -0.2) is 39.9 Å². The van der Waals surface area contributed by atoms with Gasteiger partial charge in [-0.1, -0.05) is 48.5 Å². The first kappa shape index (κ1) is 29.5. The summed E-state index contributed by atoms with van der Waals surface area (Å²) in [6.07, 6.45) is 11.6. The fourth-order valence-electron chi connectivity index (χ4n) is 7.64. The van der Waals surface area contributed by atoms with E-state index in [1.165, 1.54) is 19.0 Å². The van der Waals surface area contributed by atoms with Crippen LogP contribution in [0.3, 0.4) is 0 Å². The molecular formula is C42H22N8O3S. The molecule has 11 nitrogen and oxygen atoms in total. The summed E-state index contributed by atoms with van der Waals surface area (Å²) in [5.41, 5.74) is 11.4. The SMILES string of the molecule is c1cc(-c2cc(-c3cccc(-c4ccc(C5CO5)c5oc6ncncc6c45)c3)c3sc4ncncc4c3c2)cc(-c2ncnc3oc4ncncc4c23)c1. The van der Waals surface area contributed by atoms with E-state index in [-0.39, 0.29) is 6.10 Å². The Morgan fingerprint density at radius 1 is 0.537 bits per heavy atom. The molecule has 7 aromatic heterocycles. The topological polar surface area (TPSA) is 142 Å². The van der Waals surface area contributed by atoms with Crippen LogP contribution in [0.4, 0.5) is 0 Å². The van der Waals surface area contributed by atoms with E-state index in [1.54, 1.807) is 23.9 Å². The van der Waals surface area contributed by atoms with Gasteiger partial charge in [0.05, 0.1) is 28.5 Å². The minimum absolute atomic E-state index is 0.0282. The zero-order valence-electron chi connectivity index (χ0n) is 28.0. The summed E-state index contributed by atoms with van der Waals surface area (Å²) in [6, 6.07) is 25.8. The molecule has 0 spiro atoms. The molecule has 0 N–H and O–H groups in total. The van der Waals surface area contributed by atoms with Crippen LogP contribution in [-0.4, -0.2) is 46.5 Å². The molecule has 0 radical (unpaired) electrons. The molecule has 1 saturated heterocycles. The van der Waals surface area contributed by atoms with Gasteiger partial charge in [0.2, 0.25) is 17.1 Å². The van der Waals surface area contributed by atoms with E-state index in [9.17, 15) is 0 Å². The number of hydrogen-bond donors (Lipinski definition) is 0. The van der Waals surface area contributed by atoms with Gasteiger partial charge in [0.15, 0.2) is 0 Å². The number of nitrogens with zero attached hydrogens (tertiary/aromatic N) is 8. The van der Waals surface area contributed by atoms with E-state index in [0.717, 1.165) is 97.6 Å². The summed E-state index contributed by atoms with van der Waals surface area (Å²) in [5, 5.41) is 5.52. The fourth-order valence-corrected chi connectivity index (χ4v) is 8.77. The number of thiophene rings is 1. The third kappa shape index (κ3) is 4.44. The molecule has 1 aliphatic heterocycles. The van der Waals surface area contributed by atoms with Crippen LogP contribution >= 0.6 is 11.3 Å². The minimum Gasteiger partial charge on any atom is -0.437 e. The molecule has 0 aliphatic carbocycles. The van der Waals surface area contributed by atoms with E-state index in [4.69, 9.17) is 18.6 Å². The molecule has 8 heterocycles. The van der Waals surface area contributed by atoms with E-state index < -0.39 is 0 Å². The van der Waals surface area contributed by atoms with Crippen LogP contribution in [0.25, 0.3) is 109 Å². The number of rotatable bonds is 5. The molecule has 1 atom stereocenters. The predicted octanol–water partition coefficient (Wildman–Crippen LogP) is 9.75. The van der Waals surface area contributed by atoms with Crippen LogP contribution in [0.15, 0.2) is 126 Å². The fraction of sp³-hybridized carbons (Fsp3) is 0.0476. The molecule has 0 bridgehead atoms. The predicted molar refractivity (Wildman–Crippen MR) is 207 cm³/mol. The van der Waals surface area contributed by atoms with Crippen molar-refractivity contribution in [1.29, 1.82) is 0 Å². The van der Waals surface area contributed by atoms with Crippen molar-refractivity contribution in [2.24, 2.45) is 0 Å².